The van der Waals surface area contributed by atoms with Crippen molar-refractivity contribution in [2.75, 3.05) is 18.6 Å². The van der Waals surface area contributed by atoms with Crippen molar-refractivity contribution in [2.45, 2.75) is 31.3 Å². The summed E-state index contributed by atoms with van der Waals surface area (Å²) in [6.45, 7) is 2.13. The van der Waals surface area contributed by atoms with Crippen LogP contribution in [0.25, 0.3) is 0 Å². The number of benzene rings is 1. The normalized spacial score (nSPS) is 27.1. The van der Waals surface area contributed by atoms with Crippen molar-refractivity contribution < 1.29 is 19.5 Å². The number of nitrogens with zero attached hydrogens (tertiary/aromatic N) is 2. The minimum absolute atomic E-state index is 0.195. The number of imide groups is 1. The fourth-order valence-electron chi connectivity index (χ4n) is 5.05. The predicted molar refractivity (Wildman–Crippen MR) is 122 cm³/mol. The number of nitrogens with one attached hydrogen (secondary N) is 1. The first-order valence-electron chi connectivity index (χ1n) is 10.7. The third kappa shape index (κ3) is 3.71. The Morgan fingerprint density at radius 1 is 1.19 bits per heavy atom. The van der Waals surface area contributed by atoms with Crippen LogP contribution in [0.15, 0.2) is 48.7 Å². The average Bonchev–Trinajstić information content (AvgIpc) is 3.26. The lowest BCUT2D eigenvalue weighted by molar-refractivity contribution is -0.151. The first-order chi connectivity index (χ1) is 15.4. The van der Waals surface area contributed by atoms with Crippen LogP contribution >= 0.6 is 11.8 Å². The third-order valence-electron chi connectivity index (χ3n) is 6.67. The van der Waals surface area contributed by atoms with Gasteiger partial charge >= 0.3 is 5.97 Å². The van der Waals surface area contributed by atoms with E-state index < -0.39 is 35.3 Å². The van der Waals surface area contributed by atoms with Gasteiger partial charge in [-0.2, -0.15) is 11.8 Å². The number of thioether (sulfide) groups is 1. The number of carboxylic acid groups (broad SMARTS) is 1. The topological polar surface area (TPSA) is 99.6 Å². The first kappa shape index (κ1) is 22.5. The van der Waals surface area contributed by atoms with Gasteiger partial charge in [0.15, 0.2) is 0 Å². The van der Waals surface area contributed by atoms with Gasteiger partial charge < -0.3 is 5.11 Å². The SMILES string of the molecule is CSCCC1(C(=O)O)NC(c2ccccc2C)C2C(=O)N(CCc3ccccn3)C(=O)C21. The number of amides is 2. The molecule has 0 bridgehead atoms. The summed E-state index contributed by atoms with van der Waals surface area (Å²) < 4.78 is 0. The van der Waals surface area contributed by atoms with Gasteiger partial charge in [0, 0.05) is 30.9 Å². The summed E-state index contributed by atoms with van der Waals surface area (Å²) in [4.78, 5) is 45.2. The number of likely N-dealkylation sites (tertiary alicyclic amines) is 1. The molecular weight excluding hydrogens is 426 g/mol. The number of aryl methyl sites for hydroxylation is 1. The van der Waals surface area contributed by atoms with E-state index in [0.717, 1.165) is 16.8 Å². The van der Waals surface area contributed by atoms with Crippen LogP contribution in [0.1, 0.15) is 29.3 Å². The molecule has 0 spiro atoms. The van der Waals surface area contributed by atoms with Crippen molar-refractivity contribution in [3.05, 3.63) is 65.5 Å². The van der Waals surface area contributed by atoms with Crippen LogP contribution in [-0.2, 0) is 20.8 Å². The fourth-order valence-corrected chi connectivity index (χ4v) is 5.58. The summed E-state index contributed by atoms with van der Waals surface area (Å²) in [6.07, 6.45) is 4.28. The van der Waals surface area contributed by atoms with Gasteiger partial charge in [0.1, 0.15) is 5.54 Å². The second-order valence-electron chi connectivity index (χ2n) is 8.40. The maximum Gasteiger partial charge on any atom is 0.324 e. The van der Waals surface area contributed by atoms with Gasteiger partial charge in [-0.15, -0.1) is 0 Å². The standard InChI is InChI=1S/C24H27N3O4S/c1-15-7-3-4-9-17(15)20-18-19(24(26-20,23(30)31)11-14-32-2)22(29)27(21(18)28)13-10-16-8-5-6-12-25-16/h3-9,12,18-20,26H,10-11,13-14H2,1-2H3,(H,30,31). The lowest BCUT2D eigenvalue weighted by Gasteiger charge is -2.31. The van der Waals surface area contributed by atoms with Gasteiger partial charge in [-0.1, -0.05) is 30.3 Å². The molecule has 1 aromatic heterocycles. The zero-order chi connectivity index (χ0) is 22.9. The van der Waals surface area contributed by atoms with E-state index in [0.29, 0.717) is 12.2 Å². The molecule has 3 heterocycles. The number of carboxylic acids is 1. The van der Waals surface area contributed by atoms with E-state index in [2.05, 4.69) is 10.3 Å². The smallest absolute Gasteiger partial charge is 0.324 e. The number of carbonyl (C=O) groups excluding carboxylic acids is 2. The molecule has 1 aromatic carbocycles. The summed E-state index contributed by atoms with van der Waals surface area (Å²) in [7, 11) is 0. The molecular formula is C24H27N3O4S. The maximum absolute atomic E-state index is 13.5. The Kier molecular flexibility index (Phi) is 6.35. The zero-order valence-corrected chi connectivity index (χ0v) is 19.0. The number of rotatable bonds is 8. The summed E-state index contributed by atoms with van der Waals surface area (Å²) >= 11 is 1.53. The number of hydrogen-bond donors (Lipinski definition) is 2. The minimum Gasteiger partial charge on any atom is -0.480 e. The molecule has 8 heteroatoms. The molecule has 4 atom stereocenters. The van der Waals surface area contributed by atoms with Crippen molar-refractivity contribution in [1.82, 2.24) is 15.2 Å². The molecule has 0 radical (unpaired) electrons. The van der Waals surface area contributed by atoms with Crippen LogP contribution in [0.5, 0.6) is 0 Å². The minimum atomic E-state index is -1.48. The zero-order valence-electron chi connectivity index (χ0n) is 18.2. The monoisotopic (exact) mass is 453 g/mol. The quantitative estimate of drug-likeness (QED) is 0.592. The molecule has 2 fully saturated rings. The maximum atomic E-state index is 13.5. The Morgan fingerprint density at radius 3 is 2.59 bits per heavy atom. The van der Waals surface area contributed by atoms with Crippen molar-refractivity contribution in [3.8, 4) is 0 Å². The van der Waals surface area contributed by atoms with E-state index >= 15 is 0 Å². The van der Waals surface area contributed by atoms with E-state index in [1.165, 1.54) is 16.7 Å². The van der Waals surface area contributed by atoms with Crippen molar-refractivity contribution in [2.24, 2.45) is 11.8 Å². The Morgan fingerprint density at radius 2 is 1.94 bits per heavy atom. The number of carbonyl (C=O) groups is 3. The Hall–Kier alpha value is -2.71. The molecule has 2 aliphatic heterocycles. The summed E-state index contributed by atoms with van der Waals surface area (Å²) in [5.74, 6) is -2.89. The Balaban J connectivity index is 1.72. The molecule has 2 aromatic rings. The summed E-state index contributed by atoms with van der Waals surface area (Å²) in [5.41, 5.74) is 1.13. The first-order valence-corrected chi connectivity index (χ1v) is 12.1. The highest BCUT2D eigenvalue weighted by molar-refractivity contribution is 7.98. The highest BCUT2D eigenvalue weighted by Crippen LogP contribution is 2.50. The molecule has 168 valence electrons. The Labute approximate surface area is 191 Å². The van der Waals surface area contributed by atoms with Crippen LogP contribution in [0.2, 0.25) is 0 Å². The number of hydrogen-bond acceptors (Lipinski definition) is 6. The van der Waals surface area contributed by atoms with E-state index in [-0.39, 0.29) is 18.9 Å². The lowest BCUT2D eigenvalue weighted by atomic mass is 9.77. The second kappa shape index (κ2) is 9.03. The molecule has 2 amide bonds. The van der Waals surface area contributed by atoms with Gasteiger partial charge in [0.2, 0.25) is 11.8 Å². The predicted octanol–water partition coefficient (Wildman–Crippen LogP) is 2.45. The molecule has 4 rings (SSSR count). The number of pyridine rings is 1. The summed E-state index contributed by atoms with van der Waals surface area (Å²) in [5, 5.41) is 13.6. The van der Waals surface area contributed by atoms with Crippen LogP contribution in [-0.4, -0.2) is 56.9 Å². The van der Waals surface area contributed by atoms with Crippen molar-refractivity contribution in [1.29, 1.82) is 0 Å². The highest BCUT2D eigenvalue weighted by Gasteiger charge is 2.68. The van der Waals surface area contributed by atoms with Gasteiger partial charge in [0.25, 0.3) is 0 Å². The van der Waals surface area contributed by atoms with Crippen molar-refractivity contribution in [3.63, 3.8) is 0 Å². The molecule has 0 saturated carbocycles. The van der Waals surface area contributed by atoms with Crippen LogP contribution < -0.4 is 5.32 Å². The van der Waals surface area contributed by atoms with E-state index in [1.807, 2.05) is 55.6 Å². The van der Waals surface area contributed by atoms with Gasteiger partial charge in [0.05, 0.1) is 11.8 Å². The lowest BCUT2D eigenvalue weighted by Crippen LogP contribution is -2.56. The molecule has 7 nitrogen and oxygen atoms in total. The molecule has 4 unspecified atom stereocenters. The largest absolute Gasteiger partial charge is 0.480 e. The summed E-state index contributed by atoms with van der Waals surface area (Å²) in [6, 6.07) is 12.6. The van der Waals surface area contributed by atoms with Gasteiger partial charge in [-0.05, 0) is 48.6 Å². The van der Waals surface area contributed by atoms with E-state index in [9.17, 15) is 19.5 Å². The molecule has 2 aliphatic rings. The van der Waals surface area contributed by atoms with Gasteiger partial charge in [-0.25, -0.2) is 0 Å². The molecule has 0 aliphatic carbocycles. The van der Waals surface area contributed by atoms with Crippen LogP contribution in [0.4, 0.5) is 0 Å². The number of aliphatic carboxylic acids is 1. The number of aromatic nitrogens is 1. The second-order valence-corrected chi connectivity index (χ2v) is 9.39. The molecule has 32 heavy (non-hydrogen) atoms. The fraction of sp³-hybridized carbons (Fsp3) is 0.417. The number of fused-ring (bicyclic) bond motifs is 1. The van der Waals surface area contributed by atoms with Crippen LogP contribution in [0.3, 0.4) is 0 Å². The molecule has 2 saturated heterocycles. The molecule has 2 N–H and O–H groups in total. The van der Waals surface area contributed by atoms with E-state index in [4.69, 9.17) is 0 Å². The Bertz CT molecular complexity index is 1030. The average molecular weight is 454 g/mol. The van der Waals surface area contributed by atoms with E-state index in [1.54, 1.807) is 6.20 Å². The van der Waals surface area contributed by atoms with Crippen LogP contribution in [0, 0.1) is 18.8 Å². The highest BCUT2D eigenvalue weighted by atomic mass is 32.2. The van der Waals surface area contributed by atoms with Gasteiger partial charge in [-0.3, -0.25) is 29.6 Å². The van der Waals surface area contributed by atoms with Crippen molar-refractivity contribution >= 4 is 29.5 Å². The third-order valence-corrected chi connectivity index (χ3v) is 7.28.